The number of ether oxygens (including phenoxy) is 2. The molecule has 3 rings (SSSR count). The third-order valence-corrected chi connectivity index (χ3v) is 5.48. The van der Waals surface area contributed by atoms with Crippen LogP contribution in [0.2, 0.25) is 0 Å². The molecule has 1 aromatic heterocycles. The molecule has 1 saturated heterocycles. The summed E-state index contributed by atoms with van der Waals surface area (Å²) in [7, 11) is 0. The second-order valence-electron chi connectivity index (χ2n) is 7.63. The van der Waals surface area contributed by atoms with Gasteiger partial charge in [-0.2, -0.15) is 31.1 Å². The van der Waals surface area contributed by atoms with Gasteiger partial charge in [0.2, 0.25) is 5.82 Å². The smallest absolute Gasteiger partial charge is 0.448 e. The van der Waals surface area contributed by atoms with Gasteiger partial charge in [-0.05, 0) is 6.07 Å². The average Bonchev–Trinajstić information content (AvgIpc) is 3.04. The summed E-state index contributed by atoms with van der Waals surface area (Å²) in [4.78, 5) is 24.2. The number of amides is 2. The van der Waals surface area contributed by atoms with Gasteiger partial charge >= 0.3 is 24.5 Å². The van der Waals surface area contributed by atoms with E-state index >= 15 is 4.39 Å². The highest BCUT2D eigenvalue weighted by Crippen LogP contribution is 2.56. The van der Waals surface area contributed by atoms with Crippen LogP contribution in [0, 0.1) is 22.8 Å². The number of alkyl halides is 6. The van der Waals surface area contributed by atoms with Gasteiger partial charge in [-0.3, -0.25) is 9.59 Å². The monoisotopic (exact) mass is 529 g/mol. The van der Waals surface area contributed by atoms with Crippen molar-refractivity contribution in [2.24, 2.45) is 11.7 Å². The predicted octanol–water partition coefficient (Wildman–Crippen LogP) is 3.28. The van der Waals surface area contributed by atoms with Gasteiger partial charge in [0.15, 0.2) is 17.8 Å². The van der Waals surface area contributed by atoms with Crippen LogP contribution < -0.4 is 20.5 Å². The van der Waals surface area contributed by atoms with Crippen molar-refractivity contribution in [3.05, 3.63) is 58.6 Å². The molecule has 0 spiro atoms. The molecule has 1 fully saturated rings. The van der Waals surface area contributed by atoms with Gasteiger partial charge in [0, 0.05) is 29.5 Å². The minimum absolute atomic E-state index is 0.0143. The van der Waals surface area contributed by atoms with Crippen LogP contribution in [0.25, 0.3) is 0 Å². The topological polar surface area (TPSA) is 118 Å². The number of nitrogens with one attached hydrogen (secondary N) is 1. The average molecular weight is 529 g/mol. The first-order chi connectivity index (χ1) is 16.6. The van der Waals surface area contributed by atoms with E-state index in [1.807, 2.05) is 5.32 Å². The van der Waals surface area contributed by atoms with Crippen LogP contribution in [-0.4, -0.2) is 36.6 Å². The molecule has 0 bridgehead atoms. The molecular weight excluding hydrogens is 514 g/mol. The molecule has 0 radical (unpaired) electrons. The van der Waals surface area contributed by atoms with Crippen molar-refractivity contribution < 1.29 is 58.9 Å². The first-order valence-electron chi connectivity index (χ1n) is 9.78. The summed E-state index contributed by atoms with van der Waals surface area (Å²) in [6, 6.07) is 2.56. The van der Waals surface area contributed by atoms with Gasteiger partial charge in [-0.25, -0.2) is 8.78 Å². The van der Waals surface area contributed by atoms with Crippen molar-refractivity contribution in [2.75, 3.05) is 5.32 Å². The molecular formula is C20H15F8N3O5. The lowest BCUT2D eigenvalue weighted by atomic mass is 9.81. The summed E-state index contributed by atoms with van der Waals surface area (Å²) in [6.07, 6.45) is -7.50. The second-order valence-corrected chi connectivity index (χ2v) is 7.63. The maximum atomic E-state index is 15.1. The third kappa shape index (κ3) is 4.72. The zero-order valence-electron chi connectivity index (χ0n) is 17.8. The SMILES string of the molecule is C[C@H]1[C@@H](c2ccc(F)c(F)c2OC(F)F)[C@@H](C(=O)Nc2cc[n+]([O-])c(C(N)=O)c2)O[C@]1(F)C(F)(F)F. The normalized spacial score (nSPS) is 24.1. The zero-order chi connectivity index (χ0) is 27.2. The van der Waals surface area contributed by atoms with Crippen molar-refractivity contribution >= 4 is 17.5 Å². The number of benzene rings is 1. The number of anilines is 1. The highest BCUT2D eigenvalue weighted by Gasteiger charge is 2.70. The lowest BCUT2D eigenvalue weighted by molar-refractivity contribution is -0.607. The number of pyridine rings is 1. The number of rotatable bonds is 6. The Labute approximate surface area is 196 Å². The largest absolute Gasteiger partial charge is 0.618 e. The lowest BCUT2D eigenvalue weighted by Crippen LogP contribution is -2.46. The van der Waals surface area contributed by atoms with Crippen LogP contribution in [0.3, 0.4) is 0 Å². The van der Waals surface area contributed by atoms with Crippen LogP contribution in [0.4, 0.5) is 40.8 Å². The van der Waals surface area contributed by atoms with E-state index in [2.05, 4.69) is 9.47 Å². The Morgan fingerprint density at radius 2 is 1.89 bits per heavy atom. The molecule has 2 heterocycles. The Morgan fingerprint density at radius 1 is 1.25 bits per heavy atom. The first kappa shape index (κ1) is 26.9. The molecule has 1 aliphatic heterocycles. The number of nitrogens with zero attached hydrogens (tertiary/aromatic N) is 1. The molecule has 196 valence electrons. The molecule has 1 aromatic carbocycles. The number of aromatic nitrogens is 1. The van der Waals surface area contributed by atoms with Gasteiger partial charge in [-0.1, -0.05) is 13.0 Å². The van der Waals surface area contributed by atoms with E-state index in [0.29, 0.717) is 25.3 Å². The molecule has 0 saturated carbocycles. The Bertz CT molecular complexity index is 1190. The maximum Gasteiger partial charge on any atom is 0.448 e. The van der Waals surface area contributed by atoms with Gasteiger partial charge in [0.05, 0.1) is 5.69 Å². The molecule has 0 aliphatic carbocycles. The molecule has 2 aromatic rings. The molecule has 4 atom stereocenters. The number of nitrogens with two attached hydrogens (primary N) is 1. The molecule has 0 unspecified atom stereocenters. The fraction of sp³-hybridized carbons (Fsp3) is 0.350. The summed E-state index contributed by atoms with van der Waals surface area (Å²) in [6.45, 7) is -3.15. The van der Waals surface area contributed by atoms with Crippen LogP contribution >= 0.6 is 0 Å². The number of hydrogen-bond donors (Lipinski definition) is 2. The number of primary amides is 1. The summed E-state index contributed by atoms with van der Waals surface area (Å²) in [5, 5.41) is 13.6. The number of hydrogen-bond acceptors (Lipinski definition) is 5. The van der Waals surface area contributed by atoms with Gasteiger partial charge in [-0.15, -0.1) is 0 Å². The van der Waals surface area contributed by atoms with E-state index < -0.39 is 77.0 Å². The molecule has 1 aliphatic rings. The quantitative estimate of drug-likeness (QED) is 0.339. The summed E-state index contributed by atoms with van der Waals surface area (Å²) in [5.74, 6) is -17.0. The highest BCUT2D eigenvalue weighted by molar-refractivity contribution is 5.97. The summed E-state index contributed by atoms with van der Waals surface area (Å²) >= 11 is 0. The van der Waals surface area contributed by atoms with Crippen molar-refractivity contribution in [1.82, 2.24) is 0 Å². The van der Waals surface area contributed by atoms with Crippen LogP contribution in [0.1, 0.15) is 28.9 Å². The Hall–Kier alpha value is -3.69. The minimum Gasteiger partial charge on any atom is -0.618 e. The van der Waals surface area contributed by atoms with E-state index in [4.69, 9.17) is 5.73 Å². The van der Waals surface area contributed by atoms with Gasteiger partial charge in [0.25, 0.3) is 11.6 Å². The van der Waals surface area contributed by atoms with Crippen molar-refractivity contribution in [2.45, 2.75) is 37.6 Å². The van der Waals surface area contributed by atoms with E-state index in [1.54, 1.807) is 0 Å². The van der Waals surface area contributed by atoms with Crippen molar-refractivity contribution in [1.29, 1.82) is 0 Å². The van der Waals surface area contributed by atoms with Gasteiger partial charge < -0.3 is 25.7 Å². The van der Waals surface area contributed by atoms with Crippen LogP contribution in [0.15, 0.2) is 30.5 Å². The highest BCUT2D eigenvalue weighted by atomic mass is 19.4. The number of halogens is 8. The molecule has 16 heteroatoms. The standard InChI is InChI=1S/C20H15F8N3O5/c1-7-12(9-2-3-10(21)13(22)14(9)35-18(23)24)15(36-19(7,25)20(26,27)28)17(33)30-8-4-5-31(34)11(6-8)16(29)32/h2-7,12,15,18H,1H3,(H2,29,32)(H,30,33)/t7-,12-,15-,19-/m0/s1. The van der Waals surface area contributed by atoms with Gasteiger partial charge in [0.1, 0.15) is 6.10 Å². The fourth-order valence-electron chi connectivity index (χ4n) is 3.81. The van der Waals surface area contributed by atoms with Crippen molar-refractivity contribution in [3.63, 3.8) is 0 Å². The summed E-state index contributed by atoms with van der Waals surface area (Å²) in [5.41, 5.74) is 3.04. The van der Waals surface area contributed by atoms with Crippen molar-refractivity contribution in [3.8, 4) is 5.75 Å². The minimum atomic E-state index is -5.75. The van der Waals surface area contributed by atoms with E-state index in [9.17, 15) is 45.5 Å². The molecule has 2 amide bonds. The third-order valence-electron chi connectivity index (χ3n) is 5.48. The predicted molar refractivity (Wildman–Crippen MR) is 102 cm³/mol. The van der Waals surface area contributed by atoms with Crippen LogP contribution in [-0.2, 0) is 9.53 Å². The number of carbonyl (C=O) groups is 2. The van der Waals surface area contributed by atoms with Crippen LogP contribution in [0.5, 0.6) is 5.75 Å². The molecule has 36 heavy (non-hydrogen) atoms. The lowest BCUT2D eigenvalue weighted by Gasteiger charge is -2.27. The summed E-state index contributed by atoms with van der Waals surface area (Å²) < 4.78 is 118. The van der Waals surface area contributed by atoms with E-state index in [1.165, 1.54) is 0 Å². The Morgan fingerprint density at radius 3 is 2.44 bits per heavy atom. The molecule has 3 N–H and O–H groups in total. The maximum absolute atomic E-state index is 15.1. The fourth-order valence-corrected chi connectivity index (χ4v) is 3.81. The second kappa shape index (κ2) is 9.40. The van der Waals surface area contributed by atoms with E-state index in [0.717, 1.165) is 12.1 Å². The van der Waals surface area contributed by atoms with E-state index in [-0.39, 0.29) is 10.4 Å². The molecule has 8 nitrogen and oxygen atoms in total. The Kier molecular flexibility index (Phi) is 7.03. The Balaban J connectivity index is 2.11. The first-order valence-corrected chi connectivity index (χ1v) is 9.78. The number of carbonyl (C=O) groups excluding carboxylic acids is 2. The zero-order valence-corrected chi connectivity index (χ0v) is 17.8.